The third-order valence-corrected chi connectivity index (χ3v) is 6.41. The smallest absolute Gasteiger partial charge is 0.227 e. The minimum atomic E-state index is -0.405. The Balaban J connectivity index is 1.69. The Hall–Kier alpha value is -3.27. The van der Waals surface area contributed by atoms with Crippen LogP contribution in [0.25, 0.3) is 0 Å². The molecule has 3 unspecified atom stereocenters. The molecule has 2 aromatic carbocycles. The number of para-hydroxylation sites is 1. The van der Waals surface area contributed by atoms with Crippen LogP contribution in [0.5, 0.6) is 0 Å². The number of carbonyl (C=O) groups is 1. The Morgan fingerprint density at radius 1 is 1.03 bits per heavy atom. The summed E-state index contributed by atoms with van der Waals surface area (Å²) in [5, 5.41) is 3.32. The van der Waals surface area contributed by atoms with Crippen molar-refractivity contribution in [2.75, 3.05) is 5.32 Å². The molecule has 4 heteroatoms. The van der Waals surface area contributed by atoms with Gasteiger partial charge in [-0.05, 0) is 48.1 Å². The molecule has 0 aliphatic heterocycles. The average molecular weight is 381 g/mol. The molecule has 0 radical (unpaired) electrons. The highest BCUT2D eigenvalue weighted by molar-refractivity contribution is 5.93. The fourth-order valence-electron chi connectivity index (χ4n) is 4.94. The Morgan fingerprint density at radius 3 is 2.52 bits per heavy atom. The number of allylic oxidation sites excluding steroid dienone is 2. The van der Waals surface area contributed by atoms with Crippen molar-refractivity contribution < 1.29 is 4.79 Å². The van der Waals surface area contributed by atoms with Crippen molar-refractivity contribution in [2.45, 2.75) is 25.2 Å². The normalized spacial score (nSPS) is 25.2. The van der Waals surface area contributed by atoms with E-state index in [0.717, 1.165) is 29.8 Å². The van der Waals surface area contributed by atoms with Gasteiger partial charge in [-0.25, -0.2) is 9.97 Å². The minimum absolute atomic E-state index is 0.0335. The van der Waals surface area contributed by atoms with E-state index in [0.29, 0.717) is 5.95 Å². The van der Waals surface area contributed by atoms with Crippen molar-refractivity contribution in [2.24, 2.45) is 11.8 Å². The number of rotatable bonds is 3. The predicted octanol–water partition coefficient (Wildman–Crippen LogP) is 4.84. The third kappa shape index (κ3) is 2.87. The number of ketones is 1. The van der Waals surface area contributed by atoms with Crippen molar-refractivity contribution in [3.05, 3.63) is 95.8 Å². The highest BCUT2D eigenvalue weighted by Crippen LogP contribution is 2.51. The van der Waals surface area contributed by atoms with Crippen LogP contribution in [-0.2, 0) is 16.6 Å². The van der Waals surface area contributed by atoms with Crippen LogP contribution in [0.3, 0.4) is 0 Å². The van der Waals surface area contributed by atoms with Crippen LogP contribution in [0, 0.1) is 11.8 Å². The van der Waals surface area contributed by atoms with Gasteiger partial charge >= 0.3 is 0 Å². The van der Waals surface area contributed by atoms with Crippen molar-refractivity contribution in [3.63, 3.8) is 0 Å². The van der Waals surface area contributed by atoms with E-state index in [2.05, 4.69) is 47.6 Å². The summed E-state index contributed by atoms with van der Waals surface area (Å²) in [4.78, 5) is 22.1. The van der Waals surface area contributed by atoms with Crippen LogP contribution in [-0.4, -0.2) is 15.8 Å². The zero-order valence-corrected chi connectivity index (χ0v) is 16.4. The van der Waals surface area contributed by atoms with E-state index in [4.69, 9.17) is 4.98 Å². The van der Waals surface area contributed by atoms with Crippen LogP contribution in [0.2, 0.25) is 0 Å². The fourth-order valence-corrected chi connectivity index (χ4v) is 4.94. The number of aryl methyl sites for hydroxylation is 1. The predicted molar refractivity (Wildman–Crippen MR) is 114 cm³/mol. The number of anilines is 2. The van der Waals surface area contributed by atoms with Crippen LogP contribution in [0.15, 0.2) is 79.0 Å². The topological polar surface area (TPSA) is 54.9 Å². The number of nitrogens with one attached hydrogen (secondary N) is 1. The zero-order valence-electron chi connectivity index (χ0n) is 16.4. The van der Waals surface area contributed by atoms with Gasteiger partial charge in [-0.15, -0.1) is 0 Å². The summed E-state index contributed by atoms with van der Waals surface area (Å²) in [5.74, 6) is 0.953. The van der Waals surface area contributed by atoms with E-state index < -0.39 is 5.41 Å². The van der Waals surface area contributed by atoms with Gasteiger partial charge < -0.3 is 5.32 Å². The molecule has 0 saturated carbocycles. The lowest BCUT2D eigenvalue weighted by atomic mass is 9.55. The lowest BCUT2D eigenvalue weighted by Gasteiger charge is -2.47. The van der Waals surface area contributed by atoms with E-state index in [9.17, 15) is 4.79 Å². The molecule has 1 N–H and O–H groups in total. The quantitative estimate of drug-likeness (QED) is 0.705. The molecular weight excluding hydrogens is 358 g/mol. The second-order valence-corrected chi connectivity index (χ2v) is 7.96. The molecule has 1 aromatic heterocycles. The summed E-state index contributed by atoms with van der Waals surface area (Å²) < 4.78 is 0. The molecule has 2 aliphatic rings. The maximum Gasteiger partial charge on any atom is 0.227 e. The first-order valence-electron chi connectivity index (χ1n) is 10.2. The molecule has 0 spiro atoms. The lowest BCUT2D eigenvalue weighted by molar-refractivity contribution is -0.120. The number of benzene rings is 2. The van der Waals surface area contributed by atoms with Gasteiger partial charge in [0.1, 0.15) is 0 Å². The number of fused-ring (bicyclic) bond motifs is 3. The van der Waals surface area contributed by atoms with E-state index in [1.54, 1.807) is 6.08 Å². The molecular formula is C25H23N3O. The maximum absolute atomic E-state index is 12.5. The maximum atomic E-state index is 12.5. The molecule has 0 fully saturated rings. The van der Waals surface area contributed by atoms with Crippen molar-refractivity contribution in [3.8, 4) is 0 Å². The summed E-state index contributed by atoms with van der Waals surface area (Å²) in [7, 11) is 0. The summed E-state index contributed by atoms with van der Waals surface area (Å²) in [5.41, 5.74) is 3.92. The molecule has 5 rings (SSSR count). The fraction of sp³-hybridized carbons (Fsp3) is 0.240. The second kappa shape index (κ2) is 6.96. The van der Waals surface area contributed by atoms with Crippen molar-refractivity contribution in [1.29, 1.82) is 0 Å². The van der Waals surface area contributed by atoms with Gasteiger partial charge in [0, 0.05) is 17.8 Å². The molecule has 3 atom stereocenters. The number of nitrogens with zero attached hydrogens (tertiary/aromatic N) is 2. The van der Waals surface area contributed by atoms with Crippen molar-refractivity contribution >= 4 is 17.4 Å². The molecule has 0 saturated heterocycles. The van der Waals surface area contributed by atoms with E-state index >= 15 is 0 Å². The number of hydrogen-bond donors (Lipinski definition) is 1. The first-order valence-corrected chi connectivity index (χ1v) is 10.2. The highest BCUT2D eigenvalue weighted by Gasteiger charge is 2.50. The van der Waals surface area contributed by atoms with Gasteiger partial charge in [-0.2, -0.15) is 0 Å². The summed E-state index contributed by atoms with van der Waals surface area (Å²) in [6, 6.07) is 20.4. The van der Waals surface area contributed by atoms with Gasteiger partial charge in [0.15, 0.2) is 5.78 Å². The van der Waals surface area contributed by atoms with Crippen LogP contribution in [0.1, 0.15) is 30.2 Å². The average Bonchev–Trinajstić information content (AvgIpc) is 2.77. The largest absolute Gasteiger partial charge is 0.324 e. The molecule has 0 bridgehead atoms. The Labute approximate surface area is 170 Å². The number of aromatic nitrogens is 2. The third-order valence-electron chi connectivity index (χ3n) is 6.41. The van der Waals surface area contributed by atoms with Gasteiger partial charge in [-0.3, -0.25) is 4.79 Å². The number of hydrogen-bond acceptors (Lipinski definition) is 4. The van der Waals surface area contributed by atoms with Gasteiger partial charge in [0.05, 0.1) is 11.1 Å². The van der Waals surface area contributed by atoms with Gasteiger partial charge in [-0.1, -0.05) is 61.5 Å². The lowest BCUT2D eigenvalue weighted by Crippen LogP contribution is -2.47. The summed E-state index contributed by atoms with van der Waals surface area (Å²) in [6.07, 6.45) is 7.64. The second-order valence-electron chi connectivity index (χ2n) is 7.96. The van der Waals surface area contributed by atoms with Crippen LogP contribution < -0.4 is 5.32 Å². The molecule has 144 valence electrons. The first-order chi connectivity index (χ1) is 14.2. The number of carbonyl (C=O) groups excluding carboxylic acids is 1. The molecule has 2 aliphatic carbocycles. The molecule has 1 heterocycles. The Bertz CT molecular complexity index is 1080. The van der Waals surface area contributed by atoms with Crippen molar-refractivity contribution in [1.82, 2.24) is 9.97 Å². The standard InChI is InChI=1S/C25H23N3O/c1-17-21-13-12-18-16-26-24(27-20-10-6-3-7-11-20)28-23(18)25(21,15-14-22(17)29)19-8-4-2-5-9-19/h2-11,14-17,21H,12-13H2,1H3,(H,26,27,28). The van der Waals surface area contributed by atoms with E-state index in [1.807, 2.05) is 42.6 Å². The molecule has 4 nitrogen and oxygen atoms in total. The van der Waals surface area contributed by atoms with E-state index in [-0.39, 0.29) is 17.6 Å². The first kappa shape index (κ1) is 17.8. The molecule has 0 amide bonds. The monoisotopic (exact) mass is 381 g/mol. The Kier molecular flexibility index (Phi) is 4.27. The minimum Gasteiger partial charge on any atom is -0.324 e. The van der Waals surface area contributed by atoms with Gasteiger partial charge in [0.25, 0.3) is 0 Å². The summed E-state index contributed by atoms with van der Waals surface area (Å²) in [6.45, 7) is 2.06. The van der Waals surface area contributed by atoms with Crippen LogP contribution in [0.4, 0.5) is 11.6 Å². The van der Waals surface area contributed by atoms with Crippen LogP contribution >= 0.6 is 0 Å². The Morgan fingerprint density at radius 2 is 1.76 bits per heavy atom. The molecule has 3 aromatic rings. The zero-order chi connectivity index (χ0) is 19.8. The summed E-state index contributed by atoms with van der Waals surface area (Å²) >= 11 is 0. The van der Waals surface area contributed by atoms with E-state index in [1.165, 1.54) is 5.56 Å². The highest BCUT2D eigenvalue weighted by atomic mass is 16.1. The SMILES string of the molecule is CC1C(=O)C=CC2(c3ccccc3)c3nc(Nc4ccccc4)ncc3CCC12. The molecule has 29 heavy (non-hydrogen) atoms. The van der Waals surface area contributed by atoms with Gasteiger partial charge in [0.2, 0.25) is 5.95 Å².